The number of carbonyl (C=O) groups excluding carboxylic acids is 1. The molecule has 0 aliphatic rings. The molecule has 0 spiro atoms. The Morgan fingerprint density at radius 1 is 1.58 bits per heavy atom. The first-order valence-electron chi connectivity index (χ1n) is 3.03. The van der Waals surface area contributed by atoms with Gasteiger partial charge in [-0.25, -0.2) is 9.78 Å². The maximum atomic E-state index is 10.8. The van der Waals surface area contributed by atoms with E-state index in [1.807, 2.05) is 0 Å². The smallest absolute Gasteiger partial charge is 0.348 e. The van der Waals surface area contributed by atoms with E-state index in [1.54, 1.807) is 0 Å². The average molecular weight is 186 g/mol. The lowest BCUT2D eigenvalue weighted by atomic mass is 10.3. The first-order valence-corrected chi connectivity index (χ1v) is 3.84. The molecule has 0 radical (unpaired) electrons. The van der Waals surface area contributed by atoms with Gasteiger partial charge >= 0.3 is 5.97 Å². The summed E-state index contributed by atoms with van der Waals surface area (Å²) in [6, 6.07) is 0. The second-order valence-electron chi connectivity index (χ2n) is 2.09. The third-order valence-electron chi connectivity index (χ3n) is 1.17. The molecular weight excluding hydrogens is 180 g/mol. The number of hydrogen-bond donors (Lipinski definition) is 2. The second-order valence-corrected chi connectivity index (χ2v) is 3.12. The van der Waals surface area contributed by atoms with Crippen molar-refractivity contribution in [3.05, 3.63) is 10.6 Å². The van der Waals surface area contributed by atoms with Gasteiger partial charge in [-0.3, -0.25) is 4.79 Å². The number of carbonyl (C=O) groups is 2. The van der Waals surface area contributed by atoms with Crippen LogP contribution in [0.15, 0.2) is 0 Å². The molecule has 1 aromatic heterocycles. The molecule has 1 heterocycles. The average Bonchev–Trinajstić information content (AvgIpc) is 2.31. The number of nitrogens with zero attached hydrogens (tertiary/aromatic N) is 1. The SMILES string of the molecule is CC(=O)c1nc(N)sc1C(=O)O. The molecule has 3 N–H and O–H groups in total. The van der Waals surface area contributed by atoms with Crippen molar-refractivity contribution >= 4 is 28.2 Å². The normalized spacial score (nSPS) is 9.75. The van der Waals surface area contributed by atoms with E-state index < -0.39 is 5.97 Å². The van der Waals surface area contributed by atoms with Gasteiger partial charge < -0.3 is 10.8 Å². The number of carboxylic acid groups (broad SMARTS) is 1. The number of Topliss-reactive ketones (excluding diaryl/α,β-unsaturated/α-hetero) is 1. The van der Waals surface area contributed by atoms with Crippen LogP contribution in [0.2, 0.25) is 0 Å². The number of anilines is 1. The number of ketones is 1. The fraction of sp³-hybridized carbons (Fsp3) is 0.167. The Bertz CT molecular complexity index is 313. The van der Waals surface area contributed by atoms with Gasteiger partial charge in [0.25, 0.3) is 0 Å². The van der Waals surface area contributed by atoms with Crippen molar-refractivity contribution in [1.82, 2.24) is 4.98 Å². The zero-order valence-corrected chi connectivity index (χ0v) is 7.01. The standard InChI is InChI=1S/C6H6N2O3S/c1-2(9)3-4(5(10)11)12-6(7)8-3/h1H3,(H2,7,8)(H,10,11). The highest BCUT2D eigenvalue weighted by Crippen LogP contribution is 2.20. The Morgan fingerprint density at radius 2 is 2.17 bits per heavy atom. The van der Waals surface area contributed by atoms with Crippen molar-refractivity contribution in [3.63, 3.8) is 0 Å². The van der Waals surface area contributed by atoms with Gasteiger partial charge in [0.2, 0.25) is 0 Å². The van der Waals surface area contributed by atoms with Crippen LogP contribution >= 0.6 is 11.3 Å². The number of nitrogen functional groups attached to an aromatic ring is 1. The molecule has 1 aromatic rings. The van der Waals surface area contributed by atoms with Crippen molar-refractivity contribution in [1.29, 1.82) is 0 Å². The first-order chi connectivity index (χ1) is 5.52. The lowest BCUT2D eigenvalue weighted by Gasteiger charge is -1.88. The molecule has 1 rings (SSSR count). The molecule has 0 aliphatic heterocycles. The highest BCUT2D eigenvalue weighted by atomic mass is 32.1. The van der Waals surface area contributed by atoms with Crippen LogP contribution in [0.1, 0.15) is 27.1 Å². The van der Waals surface area contributed by atoms with Crippen molar-refractivity contribution in [2.45, 2.75) is 6.92 Å². The Hall–Kier alpha value is -1.43. The highest BCUT2D eigenvalue weighted by Gasteiger charge is 2.18. The third kappa shape index (κ3) is 1.42. The maximum absolute atomic E-state index is 10.8. The van der Waals surface area contributed by atoms with Crippen LogP contribution in [0.4, 0.5) is 5.13 Å². The number of rotatable bonds is 2. The molecule has 12 heavy (non-hydrogen) atoms. The highest BCUT2D eigenvalue weighted by molar-refractivity contribution is 7.17. The number of nitrogens with two attached hydrogens (primary N) is 1. The zero-order chi connectivity index (χ0) is 9.30. The molecule has 0 saturated carbocycles. The van der Waals surface area contributed by atoms with E-state index in [0.29, 0.717) is 0 Å². The van der Waals surface area contributed by atoms with Gasteiger partial charge in [-0.05, 0) is 0 Å². The zero-order valence-electron chi connectivity index (χ0n) is 6.20. The van der Waals surface area contributed by atoms with Gasteiger partial charge in [0.1, 0.15) is 10.6 Å². The molecular formula is C6H6N2O3S. The summed E-state index contributed by atoms with van der Waals surface area (Å²) >= 11 is 0.797. The van der Waals surface area contributed by atoms with Crippen LogP contribution in [-0.4, -0.2) is 21.8 Å². The van der Waals surface area contributed by atoms with Gasteiger partial charge in [0.05, 0.1) is 0 Å². The van der Waals surface area contributed by atoms with Crippen molar-refractivity contribution < 1.29 is 14.7 Å². The fourth-order valence-corrected chi connectivity index (χ4v) is 1.44. The van der Waals surface area contributed by atoms with E-state index in [9.17, 15) is 9.59 Å². The summed E-state index contributed by atoms with van der Waals surface area (Å²) in [5.74, 6) is -1.56. The lowest BCUT2D eigenvalue weighted by Crippen LogP contribution is -2.02. The number of aromatic carboxylic acids is 1. The summed E-state index contributed by atoms with van der Waals surface area (Å²) in [4.78, 5) is 24.8. The molecule has 0 aromatic carbocycles. The van der Waals surface area contributed by atoms with Crippen LogP contribution < -0.4 is 5.73 Å². The van der Waals surface area contributed by atoms with Crippen molar-refractivity contribution in [3.8, 4) is 0 Å². The van der Waals surface area contributed by atoms with E-state index in [0.717, 1.165) is 11.3 Å². The largest absolute Gasteiger partial charge is 0.477 e. The van der Waals surface area contributed by atoms with Crippen LogP contribution in [-0.2, 0) is 0 Å². The minimum absolute atomic E-state index is 0.0648. The molecule has 0 amide bonds. The fourth-order valence-electron chi connectivity index (χ4n) is 0.720. The first kappa shape index (κ1) is 8.66. The van der Waals surface area contributed by atoms with Gasteiger partial charge in [0.15, 0.2) is 10.9 Å². The summed E-state index contributed by atoms with van der Waals surface area (Å²) in [7, 11) is 0. The third-order valence-corrected chi connectivity index (χ3v) is 2.04. The molecule has 6 heteroatoms. The predicted octanol–water partition coefficient (Wildman–Crippen LogP) is 0.626. The quantitative estimate of drug-likeness (QED) is 0.660. The van der Waals surface area contributed by atoms with Crippen LogP contribution in [0, 0.1) is 0 Å². The molecule has 0 saturated heterocycles. The van der Waals surface area contributed by atoms with Gasteiger partial charge in [0, 0.05) is 6.92 Å². The summed E-state index contributed by atoms with van der Waals surface area (Å²) in [6.45, 7) is 1.25. The molecule has 0 bridgehead atoms. The molecule has 5 nitrogen and oxygen atoms in total. The summed E-state index contributed by atoms with van der Waals surface area (Å²) in [5.41, 5.74) is 5.18. The summed E-state index contributed by atoms with van der Waals surface area (Å²) in [6.07, 6.45) is 0. The molecule has 0 aliphatic carbocycles. The maximum Gasteiger partial charge on any atom is 0.348 e. The monoisotopic (exact) mass is 186 g/mol. The Morgan fingerprint density at radius 3 is 2.50 bits per heavy atom. The number of thiazole rings is 1. The van der Waals surface area contributed by atoms with Crippen molar-refractivity contribution in [2.75, 3.05) is 5.73 Å². The van der Waals surface area contributed by atoms with Gasteiger partial charge in [-0.15, -0.1) is 0 Å². The Labute approximate surface area is 71.8 Å². The summed E-state index contributed by atoms with van der Waals surface area (Å²) in [5, 5.41) is 8.69. The topological polar surface area (TPSA) is 93.3 Å². The lowest BCUT2D eigenvalue weighted by molar-refractivity contribution is 0.0697. The molecule has 0 unspecified atom stereocenters. The van der Waals surface area contributed by atoms with E-state index in [4.69, 9.17) is 10.8 Å². The van der Waals surface area contributed by atoms with Crippen molar-refractivity contribution in [2.24, 2.45) is 0 Å². The number of carboxylic acids is 1. The van der Waals surface area contributed by atoms with Crippen LogP contribution in [0.25, 0.3) is 0 Å². The molecule has 0 atom stereocenters. The molecule has 64 valence electrons. The van der Waals surface area contributed by atoms with E-state index in [-0.39, 0.29) is 21.5 Å². The van der Waals surface area contributed by atoms with E-state index >= 15 is 0 Å². The van der Waals surface area contributed by atoms with E-state index in [1.165, 1.54) is 6.92 Å². The Balaban J connectivity index is 3.26. The Kier molecular flexibility index (Phi) is 2.09. The van der Waals surface area contributed by atoms with Gasteiger partial charge in [-0.2, -0.15) is 0 Å². The number of hydrogen-bond acceptors (Lipinski definition) is 5. The predicted molar refractivity (Wildman–Crippen MR) is 43.5 cm³/mol. The number of aromatic nitrogens is 1. The summed E-state index contributed by atoms with van der Waals surface area (Å²) < 4.78 is 0. The van der Waals surface area contributed by atoms with E-state index in [2.05, 4.69) is 4.98 Å². The minimum atomic E-state index is -1.17. The van der Waals surface area contributed by atoms with Crippen LogP contribution in [0.3, 0.4) is 0 Å². The minimum Gasteiger partial charge on any atom is -0.477 e. The second kappa shape index (κ2) is 2.90. The molecule has 0 fully saturated rings. The van der Waals surface area contributed by atoms with Crippen LogP contribution in [0.5, 0.6) is 0 Å². The van der Waals surface area contributed by atoms with Gasteiger partial charge in [-0.1, -0.05) is 11.3 Å².